The van der Waals surface area contributed by atoms with Gasteiger partial charge in [-0.15, -0.1) is 71.8 Å². The summed E-state index contributed by atoms with van der Waals surface area (Å²) in [6, 6.07) is 118. The molecule has 0 saturated heterocycles. The van der Waals surface area contributed by atoms with Crippen LogP contribution in [0.5, 0.6) is 17.2 Å². The van der Waals surface area contributed by atoms with Crippen molar-refractivity contribution in [3.63, 3.8) is 0 Å². The van der Waals surface area contributed by atoms with Crippen LogP contribution in [-0.2, 0) is 40.2 Å². The van der Waals surface area contributed by atoms with Crippen molar-refractivity contribution in [1.82, 2.24) is 63.5 Å². The van der Waals surface area contributed by atoms with Gasteiger partial charge in [0, 0.05) is 111 Å². The average Bonchev–Trinajstić information content (AvgIpc) is 1.59. The number of nitrogens with zero attached hydrogens (tertiary/aromatic N) is 13. The first-order chi connectivity index (χ1) is 59.2. The SMILES string of the molecule is Cc1ccc2cccnc2c1[O][Al][O]c1ccc(-c2ccccc2)cc1.Cc1ccccc1-n1c(-c2cc(-c3nc4cccnc4n3-c3ccccc3C)cc(-c3nc4cccnc4n3-c3ccccc3C)c2)nc2cccnc21.[AlH][O]c1cccc2cccnc12.[Ir].[Ir].[c-]1ccccc1-c1ccccn1.[c-]1ccccc1-c1nccc2ccccc12. The maximum absolute atomic E-state index is 5.97. The Bertz CT molecular complexity index is 6760. The first-order valence-corrected chi connectivity index (χ1v) is 40.6. The van der Waals surface area contributed by atoms with Gasteiger partial charge in [-0.25, -0.2) is 29.9 Å². The van der Waals surface area contributed by atoms with Crippen LogP contribution in [0.4, 0.5) is 0 Å². The van der Waals surface area contributed by atoms with Crippen molar-refractivity contribution in [2.45, 2.75) is 27.7 Å². The maximum Gasteiger partial charge on any atom is 0.881 e. The number of aryl methyl sites for hydroxylation is 4. The van der Waals surface area contributed by atoms with Crippen LogP contribution in [0.1, 0.15) is 22.3 Å². The molecule has 0 bridgehead atoms. The monoisotopic (exact) mass is 1970 g/mol. The second kappa shape index (κ2) is 39.5. The van der Waals surface area contributed by atoms with Gasteiger partial charge in [-0.2, -0.15) is 0 Å². The Kier molecular flexibility index (Phi) is 27.1. The van der Waals surface area contributed by atoms with Gasteiger partial charge in [0.25, 0.3) is 0 Å². The molecule has 0 aliphatic heterocycles. The Morgan fingerprint density at radius 2 is 0.770 bits per heavy atom. The Balaban J connectivity index is 0.000000139. The van der Waals surface area contributed by atoms with Crippen molar-refractivity contribution in [3.8, 4) is 102 Å². The van der Waals surface area contributed by atoms with Crippen LogP contribution in [0.25, 0.3) is 151 Å². The molecule has 592 valence electrons. The molecular formula is C102H75Al2Ir2N13O3-2. The zero-order valence-electron chi connectivity index (χ0n) is 66.8. The molecule has 0 saturated carbocycles. The molecule has 0 spiro atoms. The molecule has 0 fully saturated rings. The first-order valence-electron chi connectivity index (χ1n) is 39.1. The van der Waals surface area contributed by atoms with E-state index in [0.717, 1.165) is 169 Å². The van der Waals surface area contributed by atoms with Crippen molar-refractivity contribution in [2.75, 3.05) is 0 Å². The van der Waals surface area contributed by atoms with E-state index in [1.54, 1.807) is 18.6 Å². The molecule has 0 aliphatic carbocycles. The fourth-order valence-corrected chi connectivity index (χ4v) is 15.4. The fraction of sp³-hybridized carbons (Fsp3) is 0.0392. The summed E-state index contributed by atoms with van der Waals surface area (Å²) >= 11 is 0.796. The fourth-order valence-electron chi connectivity index (χ4n) is 14.5. The zero-order valence-corrected chi connectivity index (χ0v) is 74.1. The molecule has 0 aliphatic rings. The molecule has 11 aromatic carbocycles. The van der Waals surface area contributed by atoms with Gasteiger partial charge < -0.3 is 21.3 Å². The number of aromatic nitrogens is 13. The quantitative estimate of drug-likeness (QED) is 0.0745. The number of hydrogen-bond acceptors (Lipinski definition) is 13. The van der Waals surface area contributed by atoms with Crippen molar-refractivity contribution < 1.29 is 51.6 Å². The summed E-state index contributed by atoms with van der Waals surface area (Å²) in [6.07, 6.45) is 12.6. The molecule has 10 heterocycles. The standard InChI is InChI=1S/C45H33N9.C15H10N.C12H10O.C11H8N.C10H9NO.C9H7NO.2Al.2Ir.H/c1-28-13-4-7-19-37(28)52-40(49-34-16-10-22-46-43(34)52)31-25-32(41-50-35-17-11-23-47-44(35)53(41)38-20-8-5-14-29(38)2)27-33(26-31)42-51-36-18-12-24-48-45(36)54(42)39-21-9-6-15-30(39)3;1-2-7-13(8-3-1)15-14-9-5-4-6-12(14)10-11-16-15;13-12-8-6-11(7-9-12)10-4-2-1-3-5-10;1-2-6-10(7-3-1)11-8-4-5-9-12-11;1-7-4-5-8-3-2-6-11-9(8)10(7)12;11-8-5-1-3-7-4-2-6-10-9(7)8;;;;;/h4-27H,1-3H3;1-7,9-11H;1-9,13H;1-6,8-9H;2-6,12H,1H3;1-6,11H;;;;;/q;-1;;-1;;;+1;+2;;;/p-3. The topological polar surface area (TPSA) is 171 Å². The third-order valence-electron chi connectivity index (χ3n) is 20.3. The molecule has 4 radical (unpaired) electrons. The van der Waals surface area contributed by atoms with E-state index in [1.165, 1.54) is 38.5 Å². The van der Waals surface area contributed by atoms with E-state index in [4.69, 9.17) is 41.3 Å². The van der Waals surface area contributed by atoms with Gasteiger partial charge in [0.05, 0.1) is 22.8 Å². The minimum absolute atomic E-state index is 0. The van der Waals surface area contributed by atoms with Crippen LogP contribution in [0, 0.1) is 39.8 Å². The van der Waals surface area contributed by atoms with Crippen molar-refractivity contribution in [1.29, 1.82) is 0 Å². The summed E-state index contributed by atoms with van der Waals surface area (Å²) in [5, 5.41) is 4.57. The van der Waals surface area contributed by atoms with Crippen LogP contribution in [0.2, 0.25) is 0 Å². The molecule has 21 rings (SSSR count). The third-order valence-corrected chi connectivity index (χ3v) is 21.3. The molecule has 20 heteroatoms. The van der Waals surface area contributed by atoms with E-state index in [2.05, 4.69) is 200 Å². The van der Waals surface area contributed by atoms with Gasteiger partial charge in [0.15, 0.2) is 16.9 Å². The zero-order chi connectivity index (χ0) is 81.5. The average molecular weight is 1970 g/mol. The number of rotatable bonds is 14. The second-order valence-electron chi connectivity index (χ2n) is 28.1. The van der Waals surface area contributed by atoms with Gasteiger partial charge in [-0.1, -0.05) is 170 Å². The van der Waals surface area contributed by atoms with Gasteiger partial charge in [-0.05, 0) is 198 Å². The largest absolute Gasteiger partial charge is 0.881 e. The van der Waals surface area contributed by atoms with Crippen LogP contribution in [-0.4, -0.2) is 96.1 Å². The molecule has 122 heavy (non-hydrogen) atoms. The molecule has 16 nitrogen and oxygen atoms in total. The van der Waals surface area contributed by atoms with E-state index in [-0.39, 0.29) is 40.2 Å². The normalized spacial score (nSPS) is 10.7. The second-order valence-corrected chi connectivity index (χ2v) is 29.1. The smallest absolute Gasteiger partial charge is 0.649 e. The summed E-state index contributed by atoms with van der Waals surface area (Å²) in [7, 11) is 0. The molecule has 0 amide bonds. The van der Waals surface area contributed by atoms with E-state index in [1.807, 2.05) is 232 Å². The van der Waals surface area contributed by atoms with Crippen LogP contribution in [0.15, 0.2) is 377 Å². The van der Waals surface area contributed by atoms with Crippen molar-refractivity contribution in [3.05, 3.63) is 411 Å². The van der Waals surface area contributed by atoms with Crippen molar-refractivity contribution in [2.24, 2.45) is 0 Å². The third kappa shape index (κ3) is 18.6. The van der Waals surface area contributed by atoms with Crippen LogP contribution in [0.3, 0.4) is 0 Å². The van der Waals surface area contributed by atoms with Crippen molar-refractivity contribution >= 4 is 98.6 Å². The van der Waals surface area contributed by atoms with E-state index < -0.39 is 15.9 Å². The Labute approximate surface area is 748 Å². The number of benzene rings is 11. The van der Waals surface area contributed by atoms with Gasteiger partial charge in [0.2, 0.25) is 0 Å². The molecule has 0 atom stereocenters. The Morgan fingerprint density at radius 3 is 1.30 bits per heavy atom. The molecule has 10 aromatic heterocycles. The Morgan fingerprint density at radius 1 is 0.320 bits per heavy atom. The number of imidazole rings is 3. The molecule has 0 N–H and O–H groups in total. The van der Waals surface area contributed by atoms with E-state index in [0.29, 0.717) is 0 Å². The number of pyridine rings is 7. The van der Waals surface area contributed by atoms with E-state index >= 15 is 0 Å². The molecule has 21 aromatic rings. The minimum atomic E-state index is -0.670. The van der Waals surface area contributed by atoms with Gasteiger partial charge in [-0.3, -0.25) is 23.7 Å². The molecule has 0 unspecified atom stereocenters. The van der Waals surface area contributed by atoms with Gasteiger partial charge >= 0.3 is 32.5 Å². The summed E-state index contributed by atoms with van der Waals surface area (Å²) in [5.41, 5.74) is 23.0. The van der Waals surface area contributed by atoms with Gasteiger partial charge in [0.1, 0.15) is 56.6 Å². The minimum Gasteiger partial charge on any atom is -0.649 e. The van der Waals surface area contributed by atoms with Crippen LogP contribution >= 0.6 is 0 Å². The van der Waals surface area contributed by atoms with E-state index in [9.17, 15) is 0 Å². The summed E-state index contributed by atoms with van der Waals surface area (Å²) < 4.78 is 23.5. The summed E-state index contributed by atoms with van der Waals surface area (Å²) in [4.78, 5) is 47.7. The predicted molar refractivity (Wildman–Crippen MR) is 484 cm³/mol. The Hall–Kier alpha value is -13.6. The number of para-hydroxylation sites is 4. The maximum atomic E-state index is 5.97. The first kappa shape index (κ1) is 83.5. The predicted octanol–water partition coefficient (Wildman–Crippen LogP) is 22.7. The number of fused-ring (bicyclic) bond motifs is 6. The molecular weight excluding hydrogens is 1890 g/mol. The summed E-state index contributed by atoms with van der Waals surface area (Å²) in [5.74, 6) is 4.73. The summed E-state index contributed by atoms with van der Waals surface area (Å²) in [6.45, 7) is 8.37. The number of hydrogen-bond donors (Lipinski definition) is 0. The van der Waals surface area contributed by atoms with Crippen LogP contribution < -0.4 is 11.4 Å².